The molecule has 0 aromatic carbocycles. The van der Waals surface area contributed by atoms with Crippen LogP contribution in [0.5, 0.6) is 0 Å². The van der Waals surface area contributed by atoms with Crippen molar-refractivity contribution in [3.8, 4) is 0 Å². The Hall–Kier alpha value is 0.200. The van der Waals surface area contributed by atoms with Crippen LogP contribution in [0, 0.1) is 0 Å². The summed E-state index contributed by atoms with van der Waals surface area (Å²) in [6.07, 6.45) is 0.823. The van der Waals surface area contributed by atoms with E-state index in [9.17, 15) is 4.53 Å². The van der Waals surface area contributed by atoms with Crippen LogP contribution < -0.4 is 5.32 Å². The Morgan fingerprint density at radius 2 is 1.79 bits per heavy atom. The van der Waals surface area contributed by atoms with Crippen molar-refractivity contribution in [3.63, 3.8) is 0 Å². The minimum atomic E-state index is -0.779. The molecule has 0 aromatic rings. The summed E-state index contributed by atoms with van der Waals surface area (Å²) in [5.74, 6) is 0. The van der Waals surface area contributed by atoms with Gasteiger partial charge in [-0.25, -0.2) is 0 Å². The van der Waals surface area contributed by atoms with Gasteiger partial charge in [0.25, 0.3) is 0 Å². The molecule has 0 radical (unpaired) electrons. The first-order chi connectivity index (χ1) is 6.85. The fourth-order valence-corrected chi connectivity index (χ4v) is 2.11. The molecule has 86 valence electrons. The molecule has 0 aromatic heterocycles. The van der Waals surface area contributed by atoms with E-state index in [2.05, 4.69) is 10.3 Å². The summed E-state index contributed by atoms with van der Waals surface area (Å²) in [4.78, 5) is 3.42. The zero-order valence-electron chi connectivity index (χ0n) is 8.79. The fraction of sp³-hybridized carbons (Fsp3) is 1.00. The van der Waals surface area contributed by atoms with Crippen LogP contribution in [0.15, 0.2) is 0 Å². The van der Waals surface area contributed by atoms with Crippen LogP contribution in [0.2, 0.25) is 0 Å². The molecule has 0 aliphatic carbocycles. The highest BCUT2D eigenvalue weighted by atomic mass is 31.2. The molecule has 0 aliphatic rings. The second kappa shape index (κ2) is 11.3. The number of nitrogens with one attached hydrogen (secondary N) is 1. The molecule has 0 spiro atoms. The van der Waals surface area contributed by atoms with Gasteiger partial charge in [0.15, 0.2) is 8.38 Å². The Labute approximate surface area is 85.9 Å². The van der Waals surface area contributed by atoms with E-state index >= 15 is 0 Å². The molecule has 0 aliphatic heterocycles. The van der Waals surface area contributed by atoms with Crippen LogP contribution >= 0.6 is 8.38 Å². The van der Waals surface area contributed by atoms with Crippen molar-refractivity contribution < 1.29 is 18.5 Å². The van der Waals surface area contributed by atoms with Gasteiger partial charge in [-0.1, -0.05) is 0 Å². The highest BCUT2D eigenvalue weighted by Gasteiger charge is 2.07. The van der Waals surface area contributed by atoms with E-state index in [0.717, 1.165) is 12.7 Å². The van der Waals surface area contributed by atoms with Gasteiger partial charge in [-0.15, -0.1) is 0 Å². The second-order valence-electron chi connectivity index (χ2n) is 2.46. The number of rotatable bonds is 10. The molecule has 14 heavy (non-hydrogen) atoms. The van der Waals surface area contributed by atoms with Crippen LogP contribution in [-0.2, 0) is 14.0 Å². The largest absolute Gasteiger partial charge is 0.334 e. The van der Waals surface area contributed by atoms with Crippen molar-refractivity contribution >= 4 is 8.38 Å². The quantitative estimate of drug-likeness (QED) is 0.457. The van der Waals surface area contributed by atoms with Crippen LogP contribution in [-0.4, -0.2) is 39.1 Å². The lowest BCUT2D eigenvalue weighted by molar-refractivity contribution is -0.129. The average Bonchev–Trinajstić information content (AvgIpc) is 2.18. The third-order valence-corrected chi connectivity index (χ3v) is 3.05. The number of hydrogen-bond donors (Lipinski definition) is 1. The van der Waals surface area contributed by atoms with Crippen LogP contribution in [0.3, 0.4) is 0 Å². The first-order valence-corrected chi connectivity index (χ1v) is 6.19. The van der Waals surface area contributed by atoms with E-state index in [-0.39, 0.29) is 6.61 Å². The van der Waals surface area contributed by atoms with Crippen molar-refractivity contribution in [2.75, 3.05) is 39.1 Å². The Morgan fingerprint density at radius 1 is 1.14 bits per heavy atom. The van der Waals surface area contributed by atoms with Gasteiger partial charge in [-0.2, -0.15) is 4.94 Å². The molecule has 0 bridgehead atoms. The van der Waals surface area contributed by atoms with E-state index in [0.29, 0.717) is 19.8 Å². The summed E-state index contributed by atoms with van der Waals surface area (Å²) in [6, 6.07) is 0. The third kappa shape index (κ3) is 8.78. The third-order valence-electron chi connectivity index (χ3n) is 1.37. The first-order valence-electron chi connectivity index (χ1n) is 4.82. The van der Waals surface area contributed by atoms with Gasteiger partial charge in [0.2, 0.25) is 0 Å². The predicted molar refractivity (Wildman–Crippen MR) is 55.0 cm³/mol. The Morgan fingerprint density at radius 3 is 2.29 bits per heavy atom. The summed E-state index contributed by atoms with van der Waals surface area (Å²) >= 11 is 0. The predicted octanol–water partition coefficient (Wildman–Crippen LogP) is 1.86. The molecule has 0 fully saturated rings. The zero-order chi connectivity index (χ0) is 10.6. The van der Waals surface area contributed by atoms with Crippen molar-refractivity contribution in [1.82, 2.24) is 5.32 Å². The maximum Gasteiger partial charge on any atom is 0.171 e. The molecule has 0 saturated heterocycles. The van der Waals surface area contributed by atoms with E-state index in [1.165, 1.54) is 0 Å². The minimum Gasteiger partial charge on any atom is -0.334 e. The lowest BCUT2D eigenvalue weighted by Gasteiger charge is -2.15. The Balaban J connectivity index is 3.30. The Bertz CT molecular complexity index is 115. The summed E-state index contributed by atoms with van der Waals surface area (Å²) in [5.41, 5.74) is 0. The summed E-state index contributed by atoms with van der Waals surface area (Å²) in [5, 5.41) is 3.02. The molecule has 0 heterocycles. The van der Waals surface area contributed by atoms with Gasteiger partial charge >= 0.3 is 0 Å². The van der Waals surface area contributed by atoms with Crippen LogP contribution in [0.1, 0.15) is 13.8 Å². The summed E-state index contributed by atoms with van der Waals surface area (Å²) in [6.45, 7) is 6.57. The van der Waals surface area contributed by atoms with Crippen molar-refractivity contribution in [2.24, 2.45) is 0 Å². The monoisotopic (exact) mass is 227 g/mol. The molecule has 0 saturated carbocycles. The van der Waals surface area contributed by atoms with E-state index < -0.39 is 8.38 Å². The summed E-state index contributed by atoms with van der Waals surface area (Å²) in [7, 11) is -0.779. The molecule has 0 atom stereocenters. The van der Waals surface area contributed by atoms with E-state index in [4.69, 9.17) is 9.05 Å². The van der Waals surface area contributed by atoms with Crippen molar-refractivity contribution in [2.45, 2.75) is 13.8 Å². The smallest absolute Gasteiger partial charge is 0.171 e. The standard InChI is InChI=1S/C8H19FNO3P/c1-3-12-14(13-4-2)8-6-10-5-7-11-9/h10H,3-8H2,1-2H3. The van der Waals surface area contributed by atoms with Crippen molar-refractivity contribution in [3.05, 3.63) is 0 Å². The lowest BCUT2D eigenvalue weighted by Crippen LogP contribution is -2.22. The molecule has 0 amide bonds. The second-order valence-corrected chi connectivity index (χ2v) is 4.08. The maximum absolute atomic E-state index is 11.2. The van der Waals surface area contributed by atoms with Gasteiger partial charge in [-0.05, 0) is 18.4 Å². The molecule has 0 rings (SSSR count). The van der Waals surface area contributed by atoms with E-state index in [1.807, 2.05) is 13.8 Å². The normalized spacial score (nSPS) is 11.1. The average molecular weight is 227 g/mol. The molecule has 0 unspecified atom stereocenters. The first kappa shape index (κ1) is 14.2. The van der Waals surface area contributed by atoms with Crippen molar-refractivity contribution in [1.29, 1.82) is 0 Å². The van der Waals surface area contributed by atoms with Gasteiger partial charge in [0.1, 0.15) is 6.61 Å². The molecular formula is C8H19FNO3P. The van der Waals surface area contributed by atoms with Gasteiger partial charge in [-0.3, -0.25) is 0 Å². The topological polar surface area (TPSA) is 39.7 Å². The van der Waals surface area contributed by atoms with Gasteiger partial charge < -0.3 is 14.4 Å². The minimum absolute atomic E-state index is 0.0845. The number of hydrogen-bond acceptors (Lipinski definition) is 4. The maximum atomic E-state index is 11.2. The fourth-order valence-electron chi connectivity index (χ4n) is 0.860. The zero-order valence-corrected chi connectivity index (χ0v) is 9.69. The van der Waals surface area contributed by atoms with Gasteiger partial charge in [0.05, 0.1) is 13.2 Å². The molecule has 4 nitrogen and oxygen atoms in total. The molecular weight excluding hydrogens is 208 g/mol. The van der Waals surface area contributed by atoms with E-state index in [1.54, 1.807) is 0 Å². The molecule has 6 heteroatoms. The van der Waals surface area contributed by atoms with Crippen LogP contribution in [0.25, 0.3) is 0 Å². The lowest BCUT2D eigenvalue weighted by atomic mass is 10.6. The van der Waals surface area contributed by atoms with Crippen LogP contribution in [0.4, 0.5) is 4.53 Å². The number of halogens is 1. The SMILES string of the molecule is CCOP(CCNCCOF)OCC. The highest BCUT2D eigenvalue weighted by Crippen LogP contribution is 2.36. The molecule has 1 N–H and O–H groups in total. The Kier molecular flexibility index (Phi) is 11.4. The van der Waals surface area contributed by atoms with Gasteiger partial charge in [0, 0.05) is 19.3 Å². The highest BCUT2D eigenvalue weighted by molar-refractivity contribution is 7.47. The summed E-state index contributed by atoms with van der Waals surface area (Å²) < 4.78 is 22.0.